The largest absolute Gasteiger partial charge is 0.494 e. The third kappa shape index (κ3) is 4.64. The second kappa shape index (κ2) is 7.84. The maximum absolute atomic E-state index is 11.9. The molecule has 112 valence electrons. The molecule has 0 spiro atoms. The quantitative estimate of drug-likeness (QED) is 0.886. The van der Waals surface area contributed by atoms with E-state index in [0.29, 0.717) is 25.0 Å². The van der Waals surface area contributed by atoms with Crippen LogP contribution in [-0.2, 0) is 11.2 Å². The summed E-state index contributed by atoms with van der Waals surface area (Å²) in [5, 5.41) is 11.6. The fourth-order valence-corrected chi connectivity index (χ4v) is 2.03. The number of carbonyl (C=O) groups excluding carboxylic acids is 1. The molecule has 0 aliphatic carbocycles. The lowest BCUT2D eigenvalue weighted by molar-refractivity contribution is -0.116. The smallest absolute Gasteiger partial charge is 0.224 e. The molecule has 1 amide bonds. The molecule has 0 aliphatic rings. The standard InChI is InChI=1S/C18H18N2O2/c1-2-22-17-10-8-16(9-11-17)20-18(21)12-7-14-3-5-15(13-19)6-4-14/h3-6,8-11H,2,7,12H2,1H3,(H,20,21). The molecule has 0 aliphatic heterocycles. The topological polar surface area (TPSA) is 62.1 Å². The van der Waals surface area contributed by atoms with Crippen LogP contribution in [0.3, 0.4) is 0 Å². The number of aryl methyl sites for hydroxylation is 1. The van der Waals surface area contributed by atoms with Gasteiger partial charge >= 0.3 is 0 Å². The first-order valence-corrected chi connectivity index (χ1v) is 7.23. The molecule has 4 nitrogen and oxygen atoms in total. The van der Waals surface area contributed by atoms with Crippen LogP contribution in [0.5, 0.6) is 5.75 Å². The summed E-state index contributed by atoms with van der Waals surface area (Å²) in [6, 6.07) is 16.7. The van der Waals surface area contributed by atoms with Crippen LogP contribution in [0.15, 0.2) is 48.5 Å². The zero-order valence-electron chi connectivity index (χ0n) is 12.5. The van der Waals surface area contributed by atoms with Gasteiger partial charge in [-0.2, -0.15) is 5.26 Å². The number of ether oxygens (including phenoxy) is 1. The van der Waals surface area contributed by atoms with Crippen LogP contribution < -0.4 is 10.1 Å². The fourth-order valence-electron chi connectivity index (χ4n) is 2.03. The number of carbonyl (C=O) groups is 1. The van der Waals surface area contributed by atoms with E-state index < -0.39 is 0 Å². The van der Waals surface area contributed by atoms with Crippen molar-refractivity contribution in [2.75, 3.05) is 11.9 Å². The summed E-state index contributed by atoms with van der Waals surface area (Å²) in [4.78, 5) is 11.9. The van der Waals surface area contributed by atoms with Crippen molar-refractivity contribution in [3.63, 3.8) is 0 Å². The normalized spacial score (nSPS) is 9.82. The number of nitrogens with one attached hydrogen (secondary N) is 1. The number of nitrogens with zero attached hydrogens (tertiary/aromatic N) is 1. The Labute approximate surface area is 130 Å². The number of benzene rings is 2. The molecule has 22 heavy (non-hydrogen) atoms. The van der Waals surface area contributed by atoms with Crippen molar-refractivity contribution < 1.29 is 9.53 Å². The fraction of sp³-hybridized carbons (Fsp3) is 0.222. The van der Waals surface area contributed by atoms with Crippen LogP contribution in [0.25, 0.3) is 0 Å². The SMILES string of the molecule is CCOc1ccc(NC(=O)CCc2ccc(C#N)cc2)cc1. The van der Waals surface area contributed by atoms with Crippen molar-refractivity contribution in [1.29, 1.82) is 5.26 Å². The van der Waals surface area contributed by atoms with E-state index in [1.807, 2.05) is 43.3 Å². The van der Waals surface area contributed by atoms with Crippen molar-refractivity contribution in [3.8, 4) is 11.8 Å². The van der Waals surface area contributed by atoms with E-state index in [0.717, 1.165) is 17.0 Å². The molecule has 0 heterocycles. The summed E-state index contributed by atoms with van der Waals surface area (Å²) >= 11 is 0. The van der Waals surface area contributed by atoms with Gasteiger partial charge in [0.2, 0.25) is 5.91 Å². The number of amides is 1. The highest BCUT2D eigenvalue weighted by Crippen LogP contribution is 2.16. The predicted molar refractivity (Wildman–Crippen MR) is 85.7 cm³/mol. The highest BCUT2D eigenvalue weighted by Gasteiger charge is 2.04. The zero-order chi connectivity index (χ0) is 15.8. The number of nitriles is 1. The minimum Gasteiger partial charge on any atom is -0.494 e. The second-order valence-electron chi connectivity index (χ2n) is 4.81. The molecule has 1 N–H and O–H groups in total. The number of hydrogen-bond donors (Lipinski definition) is 1. The lowest BCUT2D eigenvalue weighted by Gasteiger charge is -2.07. The first kappa shape index (κ1) is 15.6. The minimum absolute atomic E-state index is 0.0338. The van der Waals surface area contributed by atoms with Crippen LogP contribution in [0.4, 0.5) is 5.69 Å². The molecule has 0 saturated carbocycles. The Morgan fingerprint density at radius 1 is 1.14 bits per heavy atom. The van der Waals surface area contributed by atoms with Crippen LogP contribution >= 0.6 is 0 Å². The Morgan fingerprint density at radius 3 is 2.41 bits per heavy atom. The molecular formula is C18H18N2O2. The molecule has 0 radical (unpaired) electrons. The Bertz CT molecular complexity index is 655. The van der Waals surface area contributed by atoms with Crippen LogP contribution in [-0.4, -0.2) is 12.5 Å². The summed E-state index contributed by atoms with van der Waals surface area (Å²) in [7, 11) is 0. The van der Waals surface area contributed by atoms with E-state index >= 15 is 0 Å². The van der Waals surface area contributed by atoms with Crippen molar-refractivity contribution in [2.45, 2.75) is 19.8 Å². The molecule has 0 bridgehead atoms. The summed E-state index contributed by atoms with van der Waals surface area (Å²) in [6.45, 7) is 2.55. The van der Waals surface area contributed by atoms with E-state index in [1.54, 1.807) is 12.1 Å². The summed E-state index contributed by atoms with van der Waals surface area (Å²) in [6.07, 6.45) is 1.05. The Kier molecular flexibility index (Phi) is 5.56. The van der Waals surface area contributed by atoms with E-state index in [4.69, 9.17) is 10.00 Å². The van der Waals surface area contributed by atoms with E-state index in [9.17, 15) is 4.79 Å². The summed E-state index contributed by atoms with van der Waals surface area (Å²) in [5.74, 6) is 0.756. The van der Waals surface area contributed by atoms with E-state index in [-0.39, 0.29) is 5.91 Å². The van der Waals surface area contributed by atoms with Gasteiger partial charge in [0, 0.05) is 12.1 Å². The summed E-state index contributed by atoms with van der Waals surface area (Å²) < 4.78 is 5.35. The Hall–Kier alpha value is -2.80. The average molecular weight is 294 g/mol. The monoisotopic (exact) mass is 294 g/mol. The maximum atomic E-state index is 11.9. The van der Waals surface area contributed by atoms with Gasteiger partial charge in [0.15, 0.2) is 0 Å². The van der Waals surface area contributed by atoms with Gasteiger partial charge in [-0.15, -0.1) is 0 Å². The predicted octanol–water partition coefficient (Wildman–Crippen LogP) is 3.53. The molecule has 0 fully saturated rings. The van der Waals surface area contributed by atoms with Crippen molar-refractivity contribution in [1.82, 2.24) is 0 Å². The van der Waals surface area contributed by atoms with E-state index in [2.05, 4.69) is 11.4 Å². The van der Waals surface area contributed by atoms with Gasteiger partial charge in [0.25, 0.3) is 0 Å². The first-order chi connectivity index (χ1) is 10.7. The second-order valence-corrected chi connectivity index (χ2v) is 4.81. The molecule has 0 aromatic heterocycles. The highest BCUT2D eigenvalue weighted by atomic mass is 16.5. The Balaban J connectivity index is 1.83. The minimum atomic E-state index is -0.0338. The van der Waals surface area contributed by atoms with Gasteiger partial charge in [0.1, 0.15) is 5.75 Å². The van der Waals surface area contributed by atoms with Gasteiger partial charge in [-0.05, 0) is 55.3 Å². The van der Waals surface area contributed by atoms with Gasteiger partial charge in [-0.1, -0.05) is 12.1 Å². The van der Waals surface area contributed by atoms with Crippen molar-refractivity contribution in [3.05, 3.63) is 59.7 Å². The maximum Gasteiger partial charge on any atom is 0.224 e. The molecule has 4 heteroatoms. The lowest BCUT2D eigenvalue weighted by atomic mass is 10.1. The van der Waals surface area contributed by atoms with Crippen LogP contribution in [0, 0.1) is 11.3 Å². The summed E-state index contributed by atoms with van der Waals surface area (Å²) in [5.41, 5.74) is 2.43. The van der Waals surface area contributed by atoms with Crippen molar-refractivity contribution in [2.24, 2.45) is 0 Å². The molecule has 2 aromatic rings. The molecule has 0 saturated heterocycles. The number of anilines is 1. The first-order valence-electron chi connectivity index (χ1n) is 7.23. The zero-order valence-corrected chi connectivity index (χ0v) is 12.5. The third-order valence-electron chi connectivity index (χ3n) is 3.17. The van der Waals surface area contributed by atoms with Crippen LogP contribution in [0.1, 0.15) is 24.5 Å². The lowest BCUT2D eigenvalue weighted by Crippen LogP contribution is -2.12. The number of hydrogen-bond acceptors (Lipinski definition) is 3. The highest BCUT2D eigenvalue weighted by molar-refractivity contribution is 5.90. The van der Waals surface area contributed by atoms with Crippen molar-refractivity contribution >= 4 is 11.6 Å². The molecular weight excluding hydrogens is 276 g/mol. The van der Waals surface area contributed by atoms with Gasteiger partial charge in [0.05, 0.1) is 18.2 Å². The number of rotatable bonds is 6. The van der Waals surface area contributed by atoms with Gasteiger partial charge in [-0.25, -0.2) is 0 Å². The molecule has 2 rings (SSSR count). The van der Waals surface area contributed by atoms with Gasteiger partial charge in [-0.3, -0.25) is 4.79 Å². The molecule has 0 unspecified atom stereocenters. The van der Waals surface area contributed by atoms with E-state index in [1.165, 1.54) is 0 Å². The third-order valence-corrected chi connectivity index (χ3v) is 3.17. The Morgan fingerprint density at radius 2 is 1.82 bits per heavy atom. The molecule has 0 atom stereocenters. The average Bonchev–Trinajstić information content (AvgIpc) is 2.55. The van der Waals surface area contributed by atoms with Gasteiger partial charge < -0.3 is 10.1 Å². The molecule has 2 aromatic carbocycles. The van der Waals surface area contributed by atoms with Crippen LogP contribution in [0.2, 0.25) is 0 Å².